The predicted molar refractivity (Wildman–Crippen MR) is 140 cm³/mol. The van der Waals surface area contributed by atoms with Gasteiger partial charge >= 0.3 is 5.97 Å². The molecular weight excluding hydrogens is 519 g/mol. The lowest BCUT2D eigenvalue weighted by Crippen LogP contribution is -2.40. The van der Waals surface area contributed by atoms with Gasteiger partial charge in [0.25, 0.3) is 5.56 Å². The first kappa shape index (κ1) is 26.4. The number of methoxy groups -OCH3 is 1. The zero-order valence-corrected chi connectivity index (χ0v) is 22.0. The van der Waals surface area contributed by atoms with E-state index in [1.54, 1.807) is 44.2 Å². The number of esters is 1. The maximum absolute atomic E-state index is 14.5. The van der Waals surface area contributed by atoms with E-state index in [1.807, 2.05) is 0 Å². The lowest BCUT2D eigenvalue weighted by molar-refractivity contribution is -0.139. The van der Waals surface area contributed by atoms with Gasteiger partial charge in [-0.2, -0.15) is 0 Å². The minimum absolute atomic E-state index is 0.0951. The third kappa shape index (κ3) is 5.10. The highest BCUT2D eigenvalue weighted by Gasteiger charge is 2.34. The van der Waals surface area contributed by atoms with Gasteiger partial charge in [-0.05, 0) is 49.8 Å². The molecule has 0 bridgehead atoms. The summed E-state index contributed by atoms with van der Waals surface area (Å²) in [5, 5.41) is 0.172. The molecule has 1 aliphatic heterocycles. The molecule has 192 valence electrons. The minimum Gasteiger partial charge on any atom is -0.493 e. The molecule has 1 atom stereocenters. The first-order valence-corrected chi connectivity index (χ1v) is 12.5. The smallest absolute Gasteiger partial charge is 0.338 e. The third-order valence-electron chi connectivity index (χ3n) is 5.65. The number of halogens is 2. The van der Waals surface area contributed by atoms with E-state index in [2.05, 4.69) is 11.6 Å². The number of thiazole rings is 1. The molecule has 0 N–H and O–H groups in total. The Bertz CT molecular complexity index is 1570. The number of ether oxygens (including phenoxy) is 3. The van der Waals surface area contributed by atoms with Gasteiger partial charge in [0.1, 0.15) is 12.4 Å². The SMILES string of the molecule is C=CCOc1ccc(C2C(C(=O)OCC)=C(C)N=c3sc(=Cc4c(F)cccc4Cl)c(=O)n32)cc1OC. The maximum atomic E-state index is 14.5. The van der Waals surface area contributed by atoms with Crippen LogP contribution < -0.4 is 24.4 Å². The first-order valence-electron chi connectivity index (χ1n) is 11.4. The van der Waals surface area contributed by atoms with Crippen molar-refractivity contribution in [3.8, 4) is 11.5 Å². The van der Waals surface area contributed by atoms with Crippen LogP contribution in [0.5, 0.6) is 11.5 Å². The maximum Gasteiger partial charge on any atom is 0.338 e. The van der Waals surface area contributed by atoms with Crippen molar-refractivity contribution in [3.05, 3.63) is 102 Å². The Morgan fingerprint density at radius 1 is 1.30 bits per heavy atom. The van der Waals surface area contributed by atoms with E-state index in [1.165, 1.54) is 29.9 Å². The van der Waals surface area contributed by atoms with Gasteiger partial charge in [-0.3, -0.25) is 9.36 Å². The Morgan fingerprint density at radius 3 is 2.76 bits per heavy atom. The highest BCUT2D eigenvalue weighted by atomic mass is 35.5. The fourth-order valence-corrected chi connectivity index (χ4v) is 5.25. The number of hydrogen-bond donors (Lipinski definition) is 0. The largest absolute Gasteiger partial charge is 0.493 e. The van der Waals surface area contributed by atoms with E-state index >= 15 is 0 Å². The number of allylic oxidation sites excluding steroid dienone is 1. The molecule has 1 aromatic heterocycles. The Balaban J connectivity index is 1.97. The van der Waals surface area contributed by atoms with Gasteiger partial charge < -0.3 is 14.2 Å². The Labute approximate surface area is 221 Å². The number of hydrogen-bond acceptors (Lipinski definition) is 7. The van der Waals surface area contributed by atoms with Gasteiger partial charge in [0, 0.05) is 5.56 Å². The lowest BCUT2D eigenvalue weighted by Gasteiger charge is -2.25. The molecule has 1 aliphatic rings. The summed E-state index contributed by atoms with van der Waals surface area (Å²) in [6.45, 7) is 7.46. The fraction of sp³-hybridized carbons (Fsp3) is 0.222. The monoisotopic (exact) mass is 542 g/mol. The van der Waals surface area contributed by atoms with Crippen LogP contribution >= 0.6 is 22.9 Å². The highest BCUT2D eigenvalue weighted by molar-refractivity contribution is 7.07. The Morgan fingerprint density at radius 2 is 2.08 bits per heavy atom. The van der Waals surface area contributed by atoms with Gasteiger partial charge in [-0.25, -0.2) is 14.2 Å². The van der Waals surface area contributed by atoms with Gasteiger partial charge in [-0.1, -0.05) is 47.7 Å². The average molecular weight is 543 g/mol. The molecule has 0 radical (unpaired) electrons. The van der Waals surface area contributed by atoms with Crippen LogP contribution in [0.2, 0.25) is 5.02 Å². The summed E-state index contributed by atoms with van der Waals surface area (Å²) in [4.78, 5) is 31.6. The van der Waals surface area contributed by atoms with Crippen molar-refractivity contribution in [2.75, 3.05) is 20.3 Å². The van der Waals surface area contributed by atoms with Crippen LogP contribution in [-0.4, -0.2) is 30.9 Å². The van der Waals surface area contributed by atoms with Crippen LogP contribution in [0.1, 0.15) is 31.0 Å². The van der Waals surface area contributed by atoms with E-state index in [0.717, 1.165) is 11.3 Å². The van der Waals surface area contributed by atoms with Crippen LogP contribution in [0.15, 0.2) is 70.1 Å². The van der Waals surface area contributed by atoms with Crippen molar-refractivity contribution in [1.82, 2.24) is 4.57 Å². The van der Waals surface area contributed by atoms with E-state index in [4.69, 9.17) is 25.8 Å². The summed E-state index contributed by atoms with van der Waals surface area (Å²) >= 11 is 7.27. The summed E-state index contributed by atoms with van der Waals surface area (Å²) in [5.41, 5.74) is 0.848. The van der Waals surface area contributed by atoms with Crippen LogP contribution in [0.4, 0.5) is 4.39 Å². The number of benzene rings is 2. The standard InChI is InChI=1S/C27H24ClFN2O5S/c1-5-12-36-20-11-10-16(13-21(20)34-4)24-23(26(33)35-6-2)15(3)30-27-31(24)25(32)22(37-27)14-17-18(28)8-7-9-19(17)29/h5,7-11,13-14,24H,1,6,12H2,2-4H3. The topological polar surface area (TPSA) is 79.1 Å². The summed E-state index contributed by atoms with van der Waals surface area (Å²) in [7, 11) is 1.50. The van der Waals surface area contributed by atoms with E-state index < -0.39 is 23.4 Å². The molecule has 0 fully saturated rings. The van der Waals surface area contributed by atoms with Crippen molar-refractivity contribution in [3.63, 3.8) is 0 Å². The molecule has 4 rings (SSSR count). The zero-order valence-electron chi connectivity index (χ0n) is 20.4. The molecule has 0 aliphatic carbocycles. The molecule has 0 saturated carbocycles. The van der Waals surface area contributed by atoms with Crippen molar-refractivity contribution in [2.45, 2.75) is 19.9 Å². The molecule has 0 saturated heterocycles. The second-order valence-electron chi connectivity index (χ2n) is 7.95. The molecular formula is C27H24ClFN2O5S. The third-order valence-corrected chi connectivity index (χ3v) is 6.96. The highest BCUT2D eigenvalue weighted by Crippen LogP contribution is 2.36. The second kappa shape index (κ2) is 11.1. The summed E-state index contributed by atoms with van der Waals surface area (Å²) < 4.78 is 32.6. The van der Waals surface area contributed by atoms with Crippen molar-refractivity contribution >= 4 is 35.0 Å². The lowest BCUT2D eigenvalue weighted by atomic mass is 9.95. The second-order valence-corrected chi connectivity index (χ2v) is 9.36. The molecule has 0 spiro atoms. The molecule has 3 aromatic rings. The van der Waals surface area contributed by atoms with Crippen molar-refractivity contribution in [2.24, 2.45) is 4.99 Å². The van der Waals surface area contributed by atoms with Gasteiger partial charge in [-0.15, -0.1) is 0 Å². The van der Waals surface area contributed by atoms with Crippen LogP contribution in [0, 0.1) is 5.82 Å². The normalized spacial score (nSPS) is 15.2. The number of aromatic nitrogens is 1. The molecule has 37 heavy (non-hydrogen) atoms. The van der Waals surface area contributed by atoms with Crippen molar-refractivity contribution < 1.29 is 23.4 Å². The molecule has 1 unspecified atom stereocenters. The van der Waals surface area contributed by atoms with Crippen LogP contribution in [0.25, 0.3) is 6.08 Å². The molecule has 7 nitrogen and oxygen atoms in total. The molecule has 10 heteroatoms. The molecule has 0 amide bonds. The number of nitrogens with zero attached hydrogens (tertiary/aromatic N) is 2. The molecule has 2 heterocycles. The zero-order chi connectivity index (χ0) is 26.7. The Kier molecular flexibility index (Phi) is 7.94. The van der Waals surface area contributed by atoms with E-state index in [9.17, 15) is 14.0 Å². The van der Waals surface area contributed by atoms with E-state index in [0.29, 0.717) is 27.6 Å². The Hall–Kier alpha value is -3.69. The van der Waals surface area contributed by atoms with Crippen LogP contribution in [0.3, 0.4) is 0 Å². The summed E-state index contributed by atoms with van der Waals surface area (Å²) in [6.07, 6.45) is 3.01. The van der Waals surface area contributed by atoms with E-state index in [-0.39, 0.29) is 33.9 Å². The average Bonchev–Trinajstić information content (AvgIpc) is 3.18. The number of carbonyl (C=O) groups excluding carboxylic acids is 1. The van der Waals surface area contributed by atoms with Gasteiger partial charge in [0.15, 0.2) is 16.3 Å². The minimum atomic E-state index is -0.865. The number of carbonyl (C=O) groups is 1. The quantitative estimate of drug-likeness (QED) is 0.315. The summed E-state index contributed by atoms with van der Waals surface area (Å²) in [5.74, 6) is -0.257. The van der Waals surface area contributed by atoms with Crippen LogP contribution in [-0.2, 0) is 9.53 Å². The first-order chi connectivity index (χ1) is 17.8. The number of fused-ring (bicyclic) bond motifs is 1. The predicted octanol–water partition coefficient (Wildman–Crippen LogP) is 4.16. The van der Waals surface area contributed by atoms with Crippen molar-refractivity contribution in [1.29, 1.82) is 0 Å². The number of rotatable bonds is 8. The van der Waals surface area contributed by atoms with Gasteiger partial charge in [0.2, 0.25) is 0 Å². The molecule has 2 aromatic carbocycles. The fourth-order valence-electron chi connectivity index (χ4n) is 4.01. The summed E-state index contributed by atoms with van der Waals surface area (Å²) in [6, 6.07) is 8.58. The van der Waals surface area contributed by atoms with Gasteiger partial charge in [0.05, 0.1) is 40.6 Å².